The van der Waals surface area contributed by atoms with Gasteiger partial charge in [0, 0.05) is 44.5 Å². The number of hydrogen-bond acceptors (Lipinski definition) is 4. The van der Waals surface area contributed by atoms with E-state index in [1.807, 2.05) is 72.8 Å². The van der Waals surface area contributed by atoms with E-state index >= 15 is 0 Å². The summed E-state index contributed by atoms with van der Waals surface area (Å²) in [6.45, 7) is 0. The van der Waals surface area contributed by atoms with E-state index < -0.39 is 5.91 Å². The molecule has 5 aromatic rings. The van der Waals surface area contributed by atoms with Gasteiger partial charge in [0.1, 0.15) is 5.70 Å². The molecule has 1 aromatic heterocycles. The minimum absolute atomic E-state index is 0.102. The molecule has 1 heterocycles. The molecule has 0 radical (unpaired) electrons. The number of fused-ring (bicyclic) bond motifs is 1. The van der Waals surface area contributed by atoms with Gasteiger partial charge in [-0.25, -0.2) is 0 Å². The summed E-state index contributed by atoms with van der Waals surface area (Å²) in [5, 5.41) is 9.42. The average Bonchev–Trinajstić information content (AvgIpc) is 3.40. The number of rotatable bonds is 9. The molecule has 4 aromatic carbocycles. The summed E-state index contributed by atoms with van der Waals surface area (Å²) >= 11 is 1.39. The SMILES string of the molecule is O=C(CSc1ccc(NC(=O)/C(=C/c2c[nH]c3ccccc23)NC(=O)c2ccccc2)cc1)Nc1ccccc1. The number of aromatic nitrogens is 1. The Hall–Kier alpha value is -5.08. The standard InChI is InChI=1S/C32H26N4O3S/c37-30(34-24-11-5-2-6-12-24)21-40-26-17-15-25(16-18-26)35-32(39)29(36-31(38)22-9-3-1-4-10-22)19-23-20-33-28-14-8-7-13-27(23)28/h1-20,33H,21H2,(H,34,37)(H,35,39)(H,36,38)/b29-19-. The quantitative estimate of drug-likeness (QED) is 0.129. The number of nitrogens with one attached hydrogen (secondary N) is 4. The van der Waals surface area contributed by atoms with Crippen molar-refractivity contribution < 1.29 is 14.4 Å². The molecular formula is C32H26N4O3S. The second-order valence-electron chi connectivity index (χ2n) is 8.85. The van der Waals surface area contributed by atoms with Crippen LogP contribution in [0.1, 0.15) is 15.9 Å². The highest BCUT2D eigenvalue weighted by atomic mass is 32.2. The molecule has 0 spiro atoms. The summed E-state index contributed by atoms with van der Waals surface area (Å²) in [6.07, 6.45) is 3.46. The van der Waals surface area contributed by atoms with Crippen LogP contribution in [-0.4, -0.2) is 28.5 Å². The average molecular weight is 547 g/mol. The van der Waals surface area contributed by atoms with Gasteiger partial charge in [0.25, 0.3) is 11.8 Å². The van der Waals surface area contributed by atoms with Crippen LogP contribution < -0.4 is 16.0 Å². The molecule has 7 nitrogen and oxygen atoms in total. The first kappa shape index (κ1) is 26.5. The van der Waals surface area contributed by atoms with Crippen LogP contribution in [0.15, 0.2) is 126 Å². The molecule has 40 heavy (non-hydrogen) atoms. The zero-order valence-electron chi connectivity index (χ0n) is 21.4. The largest absolute Gasteiger partial charge is 0.361 e. The lowest BCUT2D eigenvalue weighted by molar-refractivity contribution is -0.114. The van der Waals surface area contributed by atoms with Crippen LogP contribution in [-0.2, 0) is 9.59 Å². The lowest BCUT2D eigenvalue weighted by Crippen LogP contribution is -2.30. The van der Waals surface area contributed by atoms with Crippen LogP contribution in [0.3, 0.4) is 0 Å². The predicted molar refractivity (Wildman–Crippen MR) is 161 cm³/mol. The zero-order valence-corrected chi connectivity index (χ0v) is 22.2. The maximum Gasteiger partial charge on any atom is 0.272 e. The topological polar surface area (TPSA) is 103 Å². The molecule has 0 saturated carbocycles. The highest BCUT2D eigenvalue weighted by Crippen LogP contribution is 2.23. The molecule has 0 atom stereocenters. The first-order valence-electron chi connectivity index (χ1n) is 12.6. The number of carbonyl (C=O) groups is 3. The number of para-hydroxylation sites is 2. The number of thioether (sulfide) groups is 1. The van der Waals surface area contributed by atoms with Crippen LogP contribution >= 0.6 is 11.8 Å². The van der Waals surface area contributed by atoms with Crippen molar-refractivity contribution >= 4 is 57.8 Å². The molecule has 0 saturated heterocycles. The van der Waals surface area contributed by atoms with E-state index in [2.05, 4.69) is 20.9 Å². The maximum absolute atomic E-state index is 13.4. The molecule has 0 unspecified atom stereocenters. The predicted octanol–water partition coefficient (Wildman–Crippen LogP) is 6.31. The van der Waals surface area contributed by atoms with Gasteiger partial charge in [-0.2, -0.15) is 0 Å². The van der Waals surface area contributed by atoms with Crippen molar-refractivity contribution in [2.24, 2.45) is 0 Å². The summed E-state index contributed by atoms with van der Waals surface area (Å²) in [5.41, 5.74) is 3.56. The van der Waals surface area contributed by atoms with Gasteiger partial charge >= 0.3 is 0 Å². The number of benzene rings is 4. The molecule has 8 heteroatoms. The van der Waals surface area contributed by atoms with Gasteiger partial charge < -0.3 is 20.9 Å². The summed E-state index contributed by atoms with van der Waals surface area (Å²) in [6, 6.07) is 33.0. The minimum Gasteiger partial charge on any atom is -0.361 e. The van der Waals surface area contributed by atoms with Gasteiger partial charge in [-0.15, -0.1) is 11.8 Å². The van der Waals surface area contributed by atoms with E-state index in [1.165, 1.54) is 11.8 Å². The summed E-state index contributed by atoms with van der Waals surface area (Å²) in [7, 11) is 0. The normalized spacial score (nSPS) is 11.2. The Bertz CT molecular complexity index is 1660. The number of hydrogen-bond donors (Lipinski definition) is 4. The van der Waals surface area contributed by atoms with Crippen molar-refractivity contribution in [2.45, 2.75) is 4.90 Å². The number of amides is 3. The molecule has 0 aliphatic rings. The number of H-pyrrole nitrogens is 1. The lowest BCUT2D eigenvalue weighted by Gasteiger charge is -2.12. The first-order valence-corrected chi connectivity index (χ1v) is 13.6. The van der Waals surface area contributed by atoms with Crippen molar-refractivity contribution in [3.63, 3.8) is 0 Å². The Balaban J connectivity index is 1.28. The van der Waals surface area contributed by atoms with Gasteiger partial charge in [0.15, 0.2) is 0 Å². The molecule has 3 amide bonds. The van der Waals surface area contributed by atoms with Gasteiger partial charge in [-0.3, -0.25) is 14.4 Å². The molecule has 198 valence electrons. The molecule has 0 aliphatic carbocycles. The summed E-state index contributed by atoms with van der Waals surface area (Å²) < 4.78 is 0. The van der Waals surface area contributed by atoms with E-state index in [-0.39, 0.29) is 23.3 Å². The highest BCUT2D eigenvalue weighted by Gasteiger charge is 2.16. The third-order valence-corrected chi connectivity index (χ3v) is 7.00. The van der Waals surface area contributed by atoms with Gasteiger partial charge in [0.2, 0.25) is 5.91 Å². The summed E-state index contributed by atoms with van der Waals surface area (Å²) in [4.78, 5) is 42.6. The Kier molecular flexibility index (Phi) is 8.38. The van der Waals surface area contributed by atoms with Crippen molar-refractivity contribution in [1.29, 1.82) is 0 Å². The second-order valence-corrected chi connectivity index (χ2v) is 9.90. The lowest BCUT2D eigenvalue weighted by atomic mass is 10.1. The van der Waals surface area contributed by atoms with Crippen LogP contribution in [0.5, 0.6) is 0 Å². The Morgan fingerprint density at radius 1 is 0.725 bits per heavy atom. The molecule has 0 fully saturated rings. The Morgan fingerprint density at radius 3 is 2.12 bits per heavy atom. The molecule has 0 bridgehead atoms. The molecular weight excluding hydrogens is 520 g/mol. The fourth-order valence-corrected chi connectivity index (χ4v) is 4.71. The van der Waals surface area contributed by atoms with Crippen molar-refractivity contribution in [3.05, 3.63) is 132 Å². The van der Waals surface area contributed by atoms with E-state index in [1.54, 1.807) is 48.7 Å². The second kappa shape index (κ2) is 12.6. The zero-order chi connectivity index (χ0) is 27.7. The highest BCUT2D eigenvalue weighted by molar-refractivity contribution is 8.00. The van der Waals surface area contributed by atoms with Crippen LogP contribution in [0.4, 0.5) is 11.4 Å². The molecule has 0 aliphatic heterocycles. The van der Waals surface area contributed by atoms with Crippen LogP contribution in [0.25, 0.3) is 17.0 Å². The Labute approximate surface area is 235 Å². The first-order chi connectivity index (χ1) is 19.5. The smallest absolute Gasteiger partial charge is 0.272 e. The maximum atomic E-state index is 13.4. The third kappa shape index (κ3) is 6.86. The monoisotopic (exact) mass is 546 g/mol. The fraction of sp³-hybridized carbons (Fsp3) is 0.0312. The van der Waals surface area contributed by atoms with Crippen molar-refractivity contribution in [3.8, 4) is 0 Å². The summed E-state index contributed by atoms with van der Waals surface area (Å²) in [5.74, 6) is -0.696. The molecule has 5 rings (SSSR count). The third-order valence-electron chi connectivity index (χ3n) is 5.99. The van der Waals surface area contributed by atoms with E-state index in [0.717, 1.165) is 27.0 Å². The van der Waals surface area contributed by atoms with E-state index in [4.69, 9.17) is 0 Å². The number of carbonyl (C=O) groups excluding carboxylic acids is 3. The number of anilines is 2. The van der Waals surface area contributed by atoms with Gasteiger partial charge in [0.05, 0.1) is 5.75 Å². The van der Waals surface area contributed by atoms with Gasteiger partial charge in [-0.1, -0.05) is 54.6 Å². The van der Waals surface area contributed by atoms with E-state index in [9.17, 15) is 14.4 Å². The van der Waals surface area contributed by atoms with Gasteiger partial charge in [-0.05, 0) is 60.7 Å². The van der Waals surface area contributed by atoms with Crippen LogP contribution in [0.2, 0.25) is 0 Å². The van der Waals surface area contributed by atoms with Crippen molar-refractivity contribution in [1.82, 2.24) is 10.3 Å². The molecule has 4 N–H and O–H groups in total. The number of aromatic amines is 1. The fourth-order valence-electron chi connectivity index (χ4n) is 4.01. The van der Waals surface area contributed by atoms with Crippen molar-refractivity contribution in [2.75, 3.05) is 16.4 Å². The van der Waals surface area contributed by atoms with Crippen LogP contribution in [0, 0.1) is 0 Å². The Morgan fingerprint density at radius 2 is 1.38 bits per heavy atom. The minimum atomic E-state index is -0.461. The van der Waals surface area contributed by atoms with E-state index in [0.29, 0.717) is 11.3 Å².